The molecule has 1 aromatic carbocycles. The Hall–Kier alpha value is -3.13. The molecule has 2 aromatic rings. The summed E-state index contributed by atoms with van der Waals surface area (Å²) in [6, 6.07) is 9.94. The first-order valence-corrected chi connectivity index (χ1v) is 12.5. The molecule has 1 saturated carbocycles. The average Bonchev–Trinajstić information content (AvgIpc) is 3.71. The molecule has 2 amide bonds. The van der Waals surface area contributed by atoms with Crippen LogP contribution in [0.5, 0.6) is 5.88 Å². The van der Waals surface area contributed by atoms with Gasteiger partial charge in [-0.3, -0.25) is 9.59 Å². The number of aromatic nitrogens is 1. The molecule has 0 spiro atoms. The first kappa shape index (κ1) is 25.0. The second-order valence-corrected chi connectivity index (χ2v) is 9.92. The highest BCUT2D eigenvalue weighted by molar-refractivity contribution is 6.02. The topological polar surface area (TPSA) is 86.8 Å². The molecule has 0 bridgehead atoms. The van der Waals surface area contributed by atoms with Crippen molar-refractivity contribution in [1.29, 1.82) is 0 Å². The molecule has 2 heterocycles. The van der Waals surface area contributed by atoms with E-state index in [-0.39, 0.29) is 30.4 Å². The van der Waals surface area contributed by atoms with Crippen LogP contribution < -0.4 is 25.2 Å². The van der Waals surface area contributed by atoms with Crippen LogP contribution in [-0.2, 0) is 4.79 Å². The Morgan fingerprint density at radius 2 is 1.86 bits per heavy atom. The largest absolute Gasteiger partial charge is 0.481 e. The third kappa shape index (κ3) is 5.75. The summed E-state index contributed by atoms with van der Waals surface area (Å²) in [4.78, 5) is 34.8. The van der Waals surface area contributed by atoms with Gasteiger partial charge in [-0.1, -0.05) is 19.9 Å². The van der Waals surface area contributed by atoms with E-state index in [1.807, 2.05) is 36.1 Å². The van der Waals surface area contributed by atoms with Crippen LogP contribution in [0.1, 0.15) is 62.5 Å². The first-order chi connectivity index (χ1) is 16.8. The quantitative estimate of drug-likeness (QED) is 0.572. The lowest BCUT2D eigenvalue weighted by atomic mass is 10.1. The van der Waals surface area contributed by atoms with Gasteiger partial charge in [0, 0.05) is 43.0 Å². The van der Waals surface area contributed by atoms with E-state index in [2.05, 4.69) is 41.3 Å². The van der Waals surface area contributed by atoms with Crippen molar-refractivity contribution in [3.05, 3.63) is 47.7 Å². The zero-order valence-electron chi connectivity index (χ0n) is 21.4. The van der Waals surface area contributed by atoms with Gasteiger partial charge in [-0.15, -0.1) is 0 Å². The summed E-state index contributed by atoms with van der Waals surface area (Å²) >= 11 is 0. The number of methoxy groups -OCH3 is 1. The van der Waals surface area contributed by atoms with Crippen LogP contribution in [0.15, 0.2) is 36.5 Å². The van der Waals surface area contributed by atoms with Crippen LogP contribution in [-0.4, -0.2) is 55.6 Å². The summed E-state index contributed by atoms with van der Waals surface area (Å²) in [7, 11) is 1.57. The summed E-state index contributed by atoms with van der Waals surface area (Å²) in [6.45, 7) is 10.0. The number of ether oxygens (including phenoxy) is 1. The molecule has 1 aliphatic heterocycles. The lowest BCUT2D eigenvalue weighted by Crippen LogP contribution is -2.49. The van der Waals surface area contributed by atoms with Crippen molar-refractivity contribution in [2.24, 2.45) is 5.92 Å². The minimum Gasteiger partial charge on any atom is -0.481 e. The molecule has 2 N–H and O–H groups in total. The van der Waals surface area contributed by atoms with Crippen LogP contribution in [0.3, 0.4) is 0 Å². The molecule has 4 rings (SSSR count). The molecule has 188 valence electrons. The Bertz CT molecular complexity index is 1050. The minimum atomic E-state index is -0.223. The van der Waals surface area contributed by atoms with Gasteiger partial charge in [0.05, 0.1) is 31.1 Å². The van der Waals surface area contributed by atoms with Crippen LogP contribution in [0.4, 0.5) is 11.4 Å². The number of carbonyl (C=O) groups is 2. The number of carbonyl (C=O) groups excluding carboxylic acids is 2. The lowest BCUT2D eigenvalue weighted by molar-refractivity contribution is -0.118. The number of fused-ring (bicyclic) bond motifs is 1. The van der Waals surface area contributed by atoms with Crippen LogP contribution in [0.25, 0.3) is 0 Å². The molecule has 8 nitrogen and oxygen atoms in total. The fraction of sp³-hybridized carbons (Fsp3) is 0.519. The minimum absolute atomic E-state index is 0.0319. The fourth-order valence-electron chi connectivity index (χ4n) is 4.31. The summed E-state index contributed by atoms with van der Waals surface area (Å²) in [5.74, 6) is 0.826. The second kappa shape index (κ2) is 10.6. The molecule has 1 aliphatic carbocycles. The number of hydrogen-bond acceptors (Lipinski definition) is 6. The van der Waals surface area contributed by atoms with Crippen molar-refractivity contribution >= 4 is 23.2 Å². The highest BCUT2D eigenvalue weighted by atomic mass is 16.5. The molecule has 2 aliphatic rings. The van der Waals surface area contributed by atoms with E-state index in [1.165, 1.54) is 12.8 Å². The van der Waals surface area contributed by atoms with Gasteiger partial charge in [0.1, 0.15) is 0 Å². The zero-order valence-corrected chi connectivity index (χ0v) is 21.4. The maximum Gasteiger partial charge on any atom is 0.251 e. The molecule has 1 fully saturated rings. The van der Waals surface area contributed by atoms with Gasteiger partial charge in [0.2, 0.25) is 11.8 Å². The molecule has 35 heavy (non-hydrogen) atoms. The molecular weight excluding hydrogens is 442 g/mol. The first-order valence-electron chi connectivity index (χ1n) is 12.5. The number of hydrogen-bond donors (Lipinski definition) is 2. The highest BCUT2D eigenvalue weighted by Gasteiger charge is 2.36. The van der Waals surface area contributed by atoms with Gasteiger partial charge < -0.3 is 25.2 Å². The van der Waals surface area contributed by atoms with Crippen molar-refractivity contribution in [3.63, 3.8) is 0 Å². The Balaban J connectivity index is 1.53. The number of amides is 2. The number of nitrogens with zero attached hydrogens (tertiary/aromatic N) is 3. The highest BCUT2D eigenvalue weighted by Crippen LogP contribution is 2.40. The third-order valence-electron chi connectivity index (χ3n) is 7.08. The summed E-state index contributed by atoms with van der Waals surface area (Å²) < 4.78 is 5.11. The SMILES string of the molecule is COc1ccc(C(C)NC(=O)c2ccc3c(c2)N(C(=O)CN[C@@H](C)C(C)C)CCN3C2CC2)cn1. The Labute approximate surface area is 208 Å². The third-order valence-corrected chi connectivity index (χ3v) is 7.08. The molecule has 0 radical (unpaired) electrons. The van der Waals surface area contributed by atoms with E-state index >= 15 is 0 Å². The Morgan fingerprint density at radius 1 is 1.09 bits per heavy atom. The van der Waals surface area contributed by atoms with Crippen molar-refractivity contribution in [3.8, 4) is 5.88 Å². The van der Waals surface area contributed by atoms with E-state index in [9.17, 15) is 9.59 Å². The summed E-state index contributed by atoms with van der Waals surface area (Å²) in [5, 5.41) is 6.40. The standard InChI is InChI=1S/C27H37N5O3/c1-17(2)18(3)28-16-26(33)32-13-12-31(22-8-9-22)23-10-6-20(14-24(23)32)27(34)30-19(4)21-7-11-25(35-5)29-15-21/h6-7,10-11,14-15,17-19,22,28H,8-9,12-13,16H2,1-5H3,(H,30,34)/t18-,19?/m0/s1. The van der Waals surface area contributed by atoms with E-state index in [0.29, 0.717) is 29.9 Å². The Morgan fingerprint density at radius 3 is 2.49 bits per heavy atom. The number of rotatable bonds is 9. The average molecular weight is 480 g/mol. The van der Waals surface area contributed by atoms with Gasteiger partial charge >= 0.3 is 0 Å². The van der Waals surface area contributed by atoms with Crippen LogP contribution >= 0.6 is 0 Å². The van der Waals surface area contributed by atoms with Gasteiger partial charge in [0.25, 0.3) is 5.91 Å². The normalized spacial score (nSPS) is 17.1. The molecule has 1 unspecified atom stereocenters. The van der Waals surface area contributed by atoms with Crippen LogP contribution in [0.2, 0.25) is 0 Å². The van der Waals surface area contributed by atoms with E-state index in [4.69, 9.17) is 4.74 Å². The molecule has 8 heteroatoms. The summed E-state index contributed by atoms with van der Waals surface area (Å²) in [5.41, 5.74) is 3.28. The van der Waals surface area contributed by atoms with E-state index in [0.717, 1.165) is 23.5 Å². The monoisotopic (exact) mass is 479 g/mol. The number of anilines is 2. The van der Waals surface area contributed by atoms with Gasteiger partial charge in [-0.25, -0.2) is 4.98 Å². The van der Waals surface area contributed by atoms with E-state index < -0.39 is 0 Å². The molecule has 0 saturated heterocycles. The van der Waals surface area contributed by atoms with Gasteiger partial charge in [-0.2, -0.15) is 0 Å². The number of benzene rings is 1. The predicted molar refractivity (Wildman–Crippen MR) is 138 cm³/mol. The molecule has 2 atom stereocenters. The van der Waals surface area contributed by atoms with E-state index in [1.54, 1.807) is 19.4 Å². The van der Waals surface area contributed by atoms with Crippen molar-refractivity contribution < 1.29 is 14.3 Å². The number of nitrogens with one attached hydrogen (secondary N) is 2. The maximum absolute atomic E-state index is 13.2. The van der Waals surface area contributed by atoms with Gasteiger partial charge in [-0.05, 0) is 56.4 Å². The second-order valence-electron chi connectivity index (χ2n) is 9.92. The smallest absolute Gasteiger partial charge is 0.251 e. The number of pyridine rings is 1. The molecular formula is C27H37N5O3. The van der Waals surface area contributed by atoms with Crippen molar-refractivity contribution in [2.45, 2.75) is 58.7 Å². The lowest BCUT2D eigenvalue weighted by Gasteiger charge is -2.38. The zero-order chi connectivity index (χ0) is 25.1. The Kier molecular flexibility index (Phi) is 7.60. The van der Waals surface area contributed by atoms with Crippen molar-refractivity contribution in [1.82, 2.24) is 15.6 Å². The maximum atomic E-state index is 13.2. The van der Waals surface area contributed by atoms with Crippen molar-refractivity contribution in [2.75, 3.05) is 36.5 Å². The predicted octanol–water partition coefficient (Wildman–Crippen LogP) is 3.53. The molecule has 1 aromatic heterocycles. The van der Waals surface area contributed by atoms with Gasteiger partial charge in [0.15, 0.2) is 0 Å². The summed E-state index contributed by atoms with van der Waals surface area (Å²) in [6.07, 6.45) is 4.06. The van der Waals surface area contributed by atoms with Crippen LogP contribution in [0, 0.1) is 5.92 Å². The fourth-order valence-corrected chi connectivity index (χ4v) is 4.31.